The summed E-state index contributed by atoms with van der Waals surface area (Å²) >= 11 is 0. The van der Waals surface area contributed by atoms with Crippen molar-refractivity contribution in [3.8, 4) is 0 Å². The molecule has 3 N–H and O–H groups in total. The third kappa shape index (κ3) is 5.32. The zero-order valence-corrected chi connectivity index (χ0v) is 17.1. The summed E-state index contributed by atoms with van der Waals surface area (Å²) in [6.07, 6.45) is 0.161. The highest BCUT2D eigenvalue weighted by molar-refractivity contribution is 5.61. The zero-order chi connectivity index (χ0) is 20.5. The molecule has 2 aliphatic rings. The number of anilines is 2. The fourth-order valence-electron chi connectivity index (χ4n) is 4.58. The van der Waals surface area contributed by atoms with Crippen LogP contribution in [0.15, 0.2) is 18.2 Å². The molecule has 1 heterocycles. The van der Waals surface area contributed by atoms with Gasteiger partial charge in [-0.05, 0) is 70.2 Å². The molecule has 1 aromatic carbocycles. The molecule has 1 aliphatic carbocycles. The van der Waals surface area contributed by atoms with Crippen LogP contribution in [0.1, 0.15) is 45.1 Å². The summed E-state index contributed by atoms with van der Waals surface area (Å²) < 4.78 is 38.5. The largest absolute Gasteiger partial charge is 0.401 e. The third-order valence-electron chi connectivity index (χ3n) is 6.17. The Labute approximate surface area is 166 Å². The minimum Gasteiger partial charge on any atom is -0.382 e. The van der Waals surface area contributed by atoms with Crippen LogP contribution >= 0.6 is 0 Å². The van der Waals surface area contributed by atoms with Crippen molar-refractivity contribution in [1.82, 2.24) is 4.90 Å². The van der Waals surface area contributed by atoms with Crippen LogP contribution in [-0.4, -0.2) is 54.9 Å². The summed E-state index contributed by atoms with van der Waals surface area (Å²) in [7, 11) is 0. The van der Waals surface area contributed by atoms with Crippen LogP contribution < -0.4 is 16.0 Å². The lowest BCUT2D eigenvalue weighted by Gasteiger charge is -2.45. The van der Waals surface area contributed by atoms with Crippen LogP contribution in [-0.2, 0) is 0 Å². The highest BCUT2D eigenvalue weighted by Crippen LogP contribution is 2.30. The van der Waals surface area contributed by atoms with Gasteiger partial charge < -0.3 is 16.0 Å². The predicted octanol–water partition coefficient (Wildman–Crippen LogP) is 4.14. The number of nitrogens with zero attached hydrogens (tertiary/aromatic N) is 2. The molecular formula is C21H33F3N4. The second-order valence-electron chi connectivity index (χ2n) is 8.65. The van der Waals surface area contributed by atoms with Gasteiger partial charge in [-0.1, -0.05) is 0 Å². The number of hydrogen-bond donors (Lipinski definition) is 2. The van der Waals surface area contributed by atoms with E-state index in [-0.39, 0.29) is 12.1 Å². The molecule has 1 saturated carbocycles. The zero-order valence-electron chi connectivity index (χ0n) is 17.1. The fourth-order valence-corrected chi connectivity index (χ4v) is 4.58. The lowest BCUT2D eigenvalue weighted by Crippen LogP contribution is -2.58. The quantitative estimate of drug-likeness (QED) is 0.800. The number of alkyl halides is 3. The van der Waals surface area contributed by atoms with E-state index in [1.165, 1.54) is 5.56 Å². The Balaban J connectivity index is 1.64. The van der Waals surface area contributed by atoms with Gasteiger partial charge in [-0.3, -0.25) is 4.90 Å². The molecule has 0 aromatic heterocycles. The SMILES string of the molecule is Cc1cc(N2CC(C)N(CC(F)(F)F)C(C)C2)ccc1NC1CCC(N)CC1. The first-order chi connectivity index (χ1) is 13.1. The normalized spacial score (nSPS) is 29.8. The summed E-state index contributed by atoms with van der Waals surface area (Å²) in [6.45, 7) is 6.22. The molecular weight excluding hydrogens is 365 g/mol. The maximum Gasteiger partial charge on any atom is 0.401 e. The minimum absolute atomic E-state index is 0.144. The molecule has 1 saturated heterocycles. The number of nitrogens with one attached hydrogen (secondary N) is 1. The van der Waals surface area contributed by atoms with Crippen molar-refractivity contribution < 1.29 is 13.2 Å². The molecule has 2 unspecified atom stereocenters. The number of hydrogen-bond acceptors (Lipinski definition) is 4. The third-order valence-corrected chi connectivity index (χ3v) is 6.17. The van der Waals surface area contributed by atoms with Crippen LogP contribution in [0.25, 0.3) is 0 Å². The van der Waals surface area contributed by atoms with E-state index in [1.807, 2.05) is 13.8 Å². The van der Waals surface area contributed by atoms with E-state index in [0.717, 1.165) is 37.1 Å². The molecule has 7 heteroatoms. The van der Waals surface area contributed by atoms with E-state index in [0.29, 0.717) is 25.2 Å². The molecule has 4 nitrogen and oxygen atoms in total. The van der Waals surface area contributed by atoms with Gasteiger partial charge in [0, 0.05) is 48.6 Å². The van der Waals surface area contributed by atoms with Crippen molar-refractivity contribution in [2.24, 2.45) is 5.73 Å². The molecule has 0 amide bonds. The number of piperazine rings is 1. The minimum atomic E-state index is -4.16. The lowest BCUT2D eigenvalue weighted by molar-refractivity contribution is -0.156. The van der Waals surface area contributed by atoms with Gasteiger partial charge in [-0.2, -0.15) is 13.2 Å². The van der Waals surface area contributed by atoms with Crippen LogP contribution in [0.3, 0.4) is 0 Å². The summed E-state index contributed by atoms with van der Waals surface area (Å²) in [6, 6.07) is 6.86. The van der Waals surface area contributed by atoms with E-state index >= 15 is 0 Å². The van der Waals surface area contributed by atoms with E-state index in [1.54, 1.807) is 4.90 Å². The summed E-state index contributed by atoms with van der Waals surface area (Å²) in [5.41, 5.74) is 9.38. The second-order valence-corrected chi connectivity index (χ2v) is 8.65. The molecule has 0 spiro atoms. The molecule has 1 aliphatic heterocycles. The van der Waals surface area contributed by atoms with Crippen LogP contribution in [0, 0.1) is 6.92 Å². The Morgan fingerprint density at radius 3 is 2.21 bits per heavy atom. The predicted molar refractivity (Wildman–Crippen MR) is 109 cm³/mol. The molecule has 2 atom stereocenters. The van der Waals surface area contributed by atoms with Gasteiger partial charge in [-0.15, -0.1) is 0 Å². The first-order valence-electron chi connectivity index (χ1n) is 10.3. The number of rotatable bonds is 4. The number of aryl methyl sites for hydroxylation is 1. The average molecular weight is 399 g/mol. The first-order valence-corrected chi connectivity index (χ1v) is 10.3. The molecule has 3 rings (SSSR count). The van der Waals surface area contributed by atoms with Gasteiger partial charge >= 0.3 is 6.18 Å². The van der Waals surface area contributed by atoms with Crippen molar-refractivity contribution >= 4 is 11.4 Å². The van der Waals surface area contributed by atoms with Crippen molar-refractivity contribution in [3.05, 3.63) is 23.8 Å². The first kappa shape index (κ1) is 21.2. The summed E-state index contributed by atoms with van der Waals surface area (Å²) in [5.74, 6) is 0. The molecule has 28 heavy (non-hydrogen) atoms. The molecule has 2 fully saturated rings. The van der Waals surface area contributed by atoms with E-state index < -0.39 is 12.7 Å². The Bertz CT molecular complexity index is 644. The Hall–Kier alpha value is -1.47. The van der Waals surface area contributed by atoms with Crippen molar-refractivity contribution in [1.29, 1.82) is 0 Å². The van der Waals surface area contributed by atoms with Crippen LogP contribution in [0.4, 0.5) is 24.5 Å². The van der Waals surface area contributed by atoms with Gasteiger partial charge in [-0.25, -0.2) is 0 Å². The maximum atomic E-state index is 12.8. The smallest absolute Gasteiger partial charge is 0.382 e. The summed E-state index contributed by atoms with van der Waals surface area (Å²) in [4.78, 5) is 3.77. The number of nitrogens with two attached hydrogens (primary N) is 1. The topological polar surface area (TPSA) is 44.5 Å². The van der Waals surface area contributed by atoms with Gasteiger partial charge in [0.15, 0.2) is 0 Å². The lowest BCUT2D eigenvalue weighted by atomic mass is 9.91. The monoisotopic (exact) mass is 398 g/mol. The Morgan fingerprint density at radius 2 is 1.68 bits per heavy atom. The van der Waals surface area contributed by atoms with Crippen molar-refractivity contribution in [2.45, 2.75) is 76.8 Å². The van der Waals surface area contributed by atoms with Crippen LogP contribution in [0.5, 0.6) is 0 Å². The molecule has 0 radical (unpaired) electrons. The Morgan fingerprint density at radius 1 is 1.07 bits per heavy atom. The molecule has 1 aromatic rings. The maximum absolute atomic E-state index is 12.8. The van der Waals surface area contributed by atoms with Gasteiger partial charge in [0.1, 0.15) is 0 Å². The average Bonchev–Trinajstić information content (AvgIpc) is 2.61. The van der Waals surface area contributed by atoms with E-state index in [2.05, 4.69) is 35.3 Å². The summed E-state index contributed by atoms with van der Waals surface area (Å²) in [5, 5.41) is 3.64. The van der Waals surface area contributed by atoms with Crippen molar-refractivity contribution in [2.75, 3.05) is 29.9 Å². The highest BCUT2D eigenvalue weighted by Gasteiger charge is 2.38. The van der Waals surface area contributed by atoms with Gasteiger partial charge in [0.05, 0.1) is 6.54 Å². The van der Waals surface area contributed by atoms with Gasteiger partial charge in [0.25, 0.3) is 0 Å². The van der Waals surface area contributed by atoms with E-state index in [4.69, 9.17) is 5.73 Å². The van der Waals surface area contributed by atoms with Crippen molar-refractivity contribution in [3.63, 3.8) is 0 Å². The second kappa shape index (κ2) is 8.49. The molecule has 0 bridgehead atoms. The standard InChI is InChI=1S/C21H33F3N4/c1-14-10-19(8-9-20(14)26-18-6-4-17(25)5-7-18)27-11-15(2)28(16(3)12-27)13-21(22,23)24/h8-10,15-18,26H,4-7,11-13,25H2,1-3H3. The number of halogens is 3. The number of benzene rings is 1. The molecule has 158 valence electrons. The highest BCUT2D eigenvalue weighted by atomic mass is 19.4. The van der Waals surface area contributed by atoms with E-state index in [9.17, 15) is 13.2 Å². The Kier molecular flexibility index (Phi) is 6.44. The van der Waals surface area contributed by atoms with Crippen LogP contribution in [0.2, 0.25) is 0 Å². The van der Waals surface area contributed by atoms with Gasteiger partial charge in [0.2, 0.25) is 0 Å². The fraction of sp³-hybridized carbons (Fsp3) is 0.714.